The largest absolute Gasteiger partial charge is 0.497 e. The molecular formula is C15H22ClN3O. The Morgan fingerprint density at radius 3 is 2.80 bits per heavy atom. The zero-order chi connectivity index (χ0) is 14.7. The van der Waals surface area contributed by atoms with Gasteiger partial charge >= 0.3 is 0 Å². The highest BCUT2D eigenvalue weighted by Crippen LogP contribution is 2.27. The molecule has 0 amide bonds. The number of nitrogens with zero attached hydrogens (tertiary/aromatic N) is 3. The van der Waals surface area contributed by atoms with Crippen molar-refractivity contribution in [3.05, 3.63) is 24.0 Å². The second kappa shape index (κ2) is 6.46. The van der Waals surface area contributed by atoms with Crippen LogP contribution in [0.15, 0.2) is 18.2 Å². The average Bonchev–Trinajstić information content (AvgIpc) is 2.82. The van der Waals surface area contributed by atoms with Crippen LogP contribution in [0, 0.1) is 0 Å². The fourth-order valence-electron chi connectivity index (χ4n) is 2.22. The van der Waals surface area contributed by atoms with Crippen molar-refractivity contribution in [2.75, 3.05) is 27.2 Å². The Hall–Kier alpha value is -1.26. The summed E-state index contributed by atoms with van der Waals surface area (Å²) < 4.78 is 7.51. The SMILES string of the molecule is CCN(C)CCn1c(C(C)Cl)nc2ccc(OC)cc21. The van der Waals surface area contributed by atoms with Gasteiger partial charge in [0.15, 0.2) is 0 Å². The van der Waals surface area contributed by atoms with E-state index in [1.165, 1.54) is 0 Å². The third-order valence-electron chi connectivity index (χ3n) is 3.59. The Morgan fingerprint density at radius 1 is 1.45 bits per heavy atom. The highest BCUT2D eigenvalue weighted by molar-refractivity contribution is 6.20. The van der Waals surface area contributed by atoms with Gasteiger partial charge in [0.2, 0.25) is 0 Å². The van der Waals surface area contributed by atoms with Crippen molar-refractivity contribution >= 4 is 22.6 Å². The molecule has 0 aliphatic rings. The molecule has 0 bridgehead atoms. The van der Waals surface area contributed by atoms with E-state index in [0.29, 0.717) is 0 Å². The van der Waals surface area contributed by atoms with Crippen molar-refractivity contribution in [1.29, 1.82) is 0 Å². The first-order valence-electron chi connectivity index (χ1n) is 6.93. The minimum atomic E-state index is -0.111. The summed E-state index contributed by atoms with van der Waals surface area (Å²) in [5.74, 6) is 1.76. The van der Waals surface area contributed by atoms with Gasteiger partial charge in [-0.3, -0.25) is 0 Å². The second-order valence-corrected chi connectivity index (χ2v) is 5.64. The molecule has 1 atom stereocenters. The number of hydrogen-bond acceptors (Lipinski definition) is 3. The van der Waals surface area contributed by atoms with E-state index >= 15 is 0 Å². The topological polar surface area (TPSA) is 30.3 Å². The monoisotopic (exact) mass is 295 g/mol. The predicted octanol–water partition coefficient (Wildman–Crippen LogP) is 3.30. The van der Waals surface area contributed by atoms with Gasteiger partial charge in [-0.2, -0.15) is 0 Å². The number of imidazole rings is 1. The normalized spacial score (nSPS) is 13.1. The molecule has 0 saturated carbocycles. The summed E-state index contributed by atoms with van der Waals surface area (Å²) in [6, 6.07) is 5.94. The minimum absolute atomic E-state index is 0.111. The van der Waals surface area contributed by atoms with Crippen molar-refractivity contribution in [2.45, 2.75) is 25.8 Å². The van der Waals surface area contributed by atoms with Gasteiger partial charge in [-0.1, -0.05) is 6.92 Å². The van der Waals surface area contributed by atoms with Crippen LogP contribution in [0.4, 0.5) is 0 Å². The van der Waals surface area contributed by atoms with Crippen molar-refractivity contribution in [2.24, 2.45) is 0 Å². The fourth-order valence-corrected chi connectivity index (χ4v) is 2.38. The van der Waals surface area contributed by atoms with E-state index in [2.05, 4.69) is 28.4 Å². The van der Waals surface area contributed by atoms with Gasteiger partial charge in [0.25, 0.3) is 0 Å². The third-order valence-corrected chi connectivity index (χ3v) is 3.78. The summed E-state index contributed by atoms with van der Waals surface area (Å²) in [5, 5.41) is -0.111. The average molecular weight is 296 g/mol. The first kappa shape index (κ1) is 15.1. The number of hydrogen-bond donors (Lipinski definition) is 0. The molecule has 1 unspecified atom stereocenters. The molecule has 0 spiro atoms. The van der Waals surface area contributed by atoms with Crippen LogP contribution in [0.1, 0.15) is 25.0 Å². The zero-order valence-corrected chi connectivity index (χ0v) is 13.3. The van der Waals surface area contributed by atoms with Gasteiger partial charge in [-0.25, -0.2) is 4.98 Å². The maximum Gasteiger partial charge on any atom is 0.127 e. The van der Waals surface area contributed by atoms with Crippen molar-refractivity contribution < 1.29 is 4.74 Å². The molecule has 2 aromatic rings. The lowest BCUT2D eigenvalue weighted by molar-refractivity contribution is 0.335. The number of methoxy groups -OCH3 is 1. The number of alkyl halides is 1. The molecule has 0 fully saturated rings. The van der Waals surface area contributed by atoms with Crippen LogP contribution >= 0.6 is 11.6 Å². The number of ether oxygens (including phenoxy) is 1. The molecule has 0 aliphatic carbocycles. The van der Waals surface area contributed by atoms with Gasteiger partial charge in [-0.15, -0.1) is 11.6 Å². The van der Waals surface area contributed by atoms with Crippen LogP contribution in [0.5, 0.6) is 5.75 Å². The van der Waals surface area contributed by atoms with Crippen LogP contribution in [-0.2, 0) is 6.54 Å². The van der Waals surface area contributed by atoms with E-state index in [0.717, 1.165) is 42.2 Å². The Kier molecular flexibility index (Phi) is 4.89. The molecule has 1 heterocycles. The van der Waals surface area contributed by atoms with E-state index in [4.69, 9.17) is 16.3 Å². The van der Waals surface area contributed by atoms with Crippen molar-refractivity contribution in [3.8, 4) is 5.75 Å². The summed E-state index contributed by atoms with van der Waals surface area (Å²) >= 11 is 6.27. The molecule has 5 heteroatoms. The molecule has 0 saturated heterocycles. The third kappa shape index (κ3) is 3.07. The van der Waals surface area contributed by atoms with Crippen LogP contribution in [0.25, 0.3) is 11.0 Å². The van der Waals surface area contributed by atoms with E-state index in [1.807, 2.05) is 25.1 Å². The van der Waals surface area contributed by atoms with Gasteiger partial charge in [0.05, 0.1) is 23.5 Å². The van der Waals surface area contributed by atoms with Crippen molar-refractivity contribution in [3.63, 3.8) is 0 Å². The van der Waals surface area contributed by atoms with Crippen molar-refractivity contribution in [1.82, 2.24) is 14.5 Å². The van der Waals surface area contributed by atoms with E-state index < -0.39 is 0 Å². The molecule has 110 valence electrons. The standard InChI is InChI=1S/C15H22ClN3O/c1-5-18(3)8-9-19-14-10-12(20-4)6-7-13(14)17-15(19)11(2)16/h6-7,10-11H,5,8-9H2,1-4H3. The van der Waals surface area contributed by atoms with E-state index in [1.54, 1.807) is 7.11 Å². The molecular weight excluding hydrogens is 274 g/mol. The molecule has 2 rings (SSSR count). The molecule has 0 radical (unpaired) electrons. The summed E-state index contributed by atoms with van der Waals surface area (Å²) in [6.45, 7) is 6.98. The van der Waals surface area contributed by atoms with Crippen LogP contribution in [0.3, 0.4) is 0 Å². The van der Waals surface area contributed by atoms with Gasteiger partial charge in [0, 0.05) is 19.2 Å². The second-order valence-electron chi connectivity index (χ2n) is 4.99. The quantitative estimate of drug-likeness (QED) is 0.766. The molecule has 1 aromatic heterocycles. The Labute approximate surface area is 125 Å². The molecule has 1 aromatic carbocycles. The molecule has 4 nitrogen and oxygen atoms in total. The smallest absolute Gasteiger partial charge is 0.127 e. The fraction of sp³-hybridized carbons (Fsp3) is 0.533. The lowest BCUT2D eigenvalue weighted by Crippen LogP contribution is -2.23. The molecule has 0 N–H and O–H groups in total. The number of halogens is 1. The Balaban J connectivity index is 2.43. The summed E-state index contributed by atoms with van der Waals surface area (Å²) in [6.07, 6.45) is 0. The number of rotatable bonds is 6. The number of fused-ring (bicyclic) bond motifs is 1. The van der Waals surface area contributed by atoms with E-state index in [9.17, 15) is 0 Å². The lowest BCUT2D eigenvalue weighted by Gasteiger charge is -2.16. The zero-order valence-electron chi connectivity index (χ0n) is 12.6. The molecule has 0 aliphatic heterocycles. The lowest BCUT2D eigenvalue weighted by atomic mass is 10.3. The Morgan fingerprint density at radius 2 is 2.20 bits per heavy atom. The molecule has 20 heavy (non-hydrogen) atoms. The van der Waals surface area contributed by atoms with Gasteiger partial charge in [0.1, 0.15) is 11.6 Å². The highest BCUT2D eigenvalue weighted by Gasteiger charge is 2.15. The van der Waals surface area contributed by atoms with Gasteiger partial charge < -0.3 is 14.2 Å². The number of benzene rings is 1. The first-order chi connectivity index (χ1) is 9.56. The maximum atomic E-state index is 6.27. The van der Waals surface area contributed by atoms with Crippen LogP contribution in [-0.4, -0.2) is 41.7 Å². The van der Waals surface area contributed by atoms with Crippen LogP contribution < -0.4 is 4.74 Å². The van der Waals surface area contributed by atoms with E-state index in [-0.39, 0.29) is 5.38 Å². The highest BCUT2D eigenvalue weighted by atomic mass is 35.5. The number of aromatic nitrogens is 2. The van der Waals surface area contributed by atoms with Gasteiger partial charge in [-0.05, 0) is 32.6 Å². The maximum absolute atomic E-state index is 6.27. The predicted molar refractivity (Wildman–Crippen MR) is 83.7 cm³/mol. The summed E-state index contributed by atoms with van der Waals surface area (Å²) in [7, 11) is 3.79. The van der Waals surface area contributed by atoms with Crippen LogP contribution in [0.2, 0.25) is 0 Å². The first-order valence-corrected chi connectivity index (χ1v) is 7.37. The minimum Gasteiger partial charge on any atom is -0.497 e. The Bertz CT molecular complexity index is 580. The summed E-state index contributed by atoms with van der Waals surface area (Å²) in [5.41, 5.74) is 2.05. The number of likely N-dealkylation sites (N-methyl/N-ethyl adjacent to an activating group) is 1. The summed E-state index contributed by atoms with van der Waals surface area (Å²) in [4.78, 5) is 6.92.